The van der Waals surface area contributed by atoms with Gasteiger partial charge in [0.05, 0.1) is 72.4 Å². The number of halogens is 6. The molecule has 5 N–H and O–H groups in total. The molecule has 6 aliphatic heterocycles. The molecule has 17 rings (SSSR count). The van der Waals surface area contributed by atoms with E-state index in [4.69, 9.17) is 79.1 Å². The van der Waals surface area contributed by atoms with Crippen molar-refractivity contribution in [3.8, 4) is 0 Å². The lowest BCUT2D eigenvalue weighted by atomic mass is 9.73. The van der Waals surface area contributed by atoms with Gasteiger partial charge in [-0.1, -0.05) is 148 Å². The summed E-state index contributed by atoms with van der Waals surface area (Å²) in [6.07, 6.45) is 4.28. The molecule has 3 saturated heterocycles. The molecule has 3 amide bonds. The van der Waals surface area contributed by atoms with Crippen molar-refractivity contribution in [1.29, 1.82) is 0 Å². The number of hydrogen-bond acceptors (Lipinski definition) is 19. The zero-order valence-corrected chi connectivity index (χ0v) is 68.4. The number of likely N-dealkylation sites (tertiary alicyclic amines) is 3. The van der Waals surface area contributed by atoms with E-state index in [1.807, 2.05) is 14.7 Å². The molecule has 118 heavy (non-hydrogen) atoms. The quantitative estimate of drug-likeness (QED) is 0.0162. The fraction of sp³-hybridized carbons (Fsp3) is 0.379. The van der Waals surface area contributed by atoms with Gasteiger partial charge in [-0.2, -0.15) is 0 Å². The average molecular weight is 1720 g/mol. The second-order valence-corrected chi connectivity index (χ2v) is 34.4. The molecule has 6 heterocycles. The van der Waals surface area contributed by atoms with Crippen LogP contribution in [-0.2, 0) is 45.3 Å². The number of carbonyl (C=O) groups excluding carboxylic acids is 6. The average Bonchev–Trinajstić information content (AvgIpc) is 1.53. The first-order chi connectivity index (χ1) is 56.7. The van der Waals surface area contributed by atoms with E-state index in [1.165, 1.54) is 0 Å². The molecule has 3 spiro atoms. The molecule has 8 aromatic rings. The summed E-state index contributed by atoms with van der Waals surface area (Å²) < 4.78 is 10.1. The van der Waals surface area contributed by atoms with Crippen LogP contribution in [0.2, 0.25) is 30.1 Å². The van der Waals surface area contributed by atoms with E-state index < -0.39 is 94.8 Å². The third-order valence-corrected chi connectivity index (χ3v) is 26.2. The first kappa shape index (κ1) is 83.6. The van der Waals surface area contributed by atoms with Gasteiger partial charge in [-0.05, 0) is 208 Å². The van der Waals surface area contributed by atoms with Crippen LogP contribution in [0.3, 0.4) is 0 Å². The number of hydrogen-bond donors (Lipinski definition) is 5. The Hall–Kier alpha value is -9.48. The highest BCUT2D eigenvalue weighted by Crippen LogP contribution is 2.64. The van der Waals surface area contributed by atoms with Gasteiger partial charge in [0, 0.05) is 105 Å². The van der Waals surface area contributed by atoms with Crippen LogP contribution in [0.5, 0.6) is 0 Å². The van der Waals surface area contributed by atoms with Crippen LogP contribution in [-0.4, -0.2) is 145 Å². The van der Waals surface area contributed by atoms with E-state index in [-0.39, 0.29) is 76.8 Å². The molecule has 9 aliphatic rings. The first-order valence-electron chi connectivity index (χ1n) is 39.3. The normalized spacial score (nSPS) is 26.4. The Bertz CT molecular complexity index is 5060. The van der Waals surface area contributed by atoms with E-state index in [1.54, 1.807) is 190 Å². The lowest BCUT2D eigenvalue weighted by Gasteiger charge is -2.39. The fourth-order valence-corrected chi connectivity index (χ4v) is 20.6. The van der Waals surface area contributed by atoms with Crippen molar-refractivity contribution >= 4 is 123 Å². The molecular formula is C87H83Cl6N9O16. The summed E-state index contributed by atoms with van der Waals surface area (Å²) in [4.78, 5) is 122. The number of nitrogens with zero attached hydrogens (tertiary/aromatic N) is 6. The molecule has 6 fully saturated rings. The number of ether oxygens (including phenoxy) is 2. The fourth-order valence-electron chi connectivity index (χ4n) is 19.5. The second-order valence-electron chi connectivity index (χ2n) is 31.7. The molecule has 614 valence electrons. The van der Waals surface area contributed by atoms with Crippen LogP contribution in [0.4, 0.5) is 17.1 Å². The zero-order valence-electron chi connectivity index (χ0n) is 63.9. The second kappa shape index (κ2) is 34.0. The number of aliphatic hydroxyl groups is 2. The number of nitrogens with one attached hydrogen (secondary N) is 3. The van der Waals surface area contributed by atoms with Crippen molar-refractivity contribution < 1.29 is 63.2 Å². The van der Waals surface area contributed by atoms with Crippen LogP contribution in [0.25, 0.3) is 0 Å². The summed E-state index contributed by atoms with van der Waals surface area (Å²) in [6.45, 7) is 5.34. The van der Waals surface area contributed by atoms with Gasteiger partial charge in [-0.3, -0.25) is 59.4 Å². The smallest absolute Gasteiger partial charge is 0.338 e. The molecule has 0 aromatic heterocycles. The third kappa shape index (κ3) is 15.4. The van der Waals surface area contributed by atoms with Crippen LogP contribution >= 0.6 is 69.6 Å². The standard InChI is InChI=1S/2C32H31Cl2N3O6.C23H21Cl2N3O4/c2*1-2-43-30(39)20-10-8-19(9-11-20)27(38)16-26-29(37(41)42)28(21-4-3-5-22(33)14-21)32(36(26)17-18-6-7-18)24-13-12-23(34)15-25(24)35-31(32)40;24-15-3-1-2-14(10-15)20-21(28(31)32)19(8-9-29)27(12-13-4-5-13)23(20)17-7-6-16(25)11-18(17)26-22(23)30/h2*3-5,8-15,18,26-29,38H,2,6-7,16-17H2,1H3,(H,35,40);1-3,6-7,9-11,13,19-21H,4-5,8,12H2,(H,26,30)/t26-,27+,28-,29+,32+;26-,27-,28-,29+,32+;19-,20-,21+,23+/m000/s1. The van der Waals surface area contributed by atoms with Crippen LogP contribution < -0.4 is 16.0 Å². The predicted octanol–water partition coefficient (Wildman–Crippen LogP) is 16.2. The number of aldehydes is 1. The number of rotatable bonds is 24. The molecule has 0 unspecified atom stereocenters. The van der Waals surface area contributed by atoms with Gasteiger partial charge >= 0.3 is 11.9 Å². The number of fused-ring (bicyclic) bond motifs is 6. The zero-order chi connectivity index (χ0) is 83.6. The summed E-state index contributed by atoms with van der Waals surface area (Å²) >= 11 is 37.9. The predicted molar refractivity (Wildman–Crippen MR) is 444 cm³/mol. The summed E-state index contributed by atoms with van der Waals surface area (Å²) in [5.74, 6) is -3.77. The molecule has 14 atom stereocenters. The van der Waals surface area contributed by atoms with Gasteiger partial charge in [0.1, 0.15) is 22.9 Å². The number of anilines is 3. The highest BCUT2D eigenvalue weighted by Gasteiger charge is 2.75. The van der Waals surface area contributed by atoms with Crippen LogP contribution in [0, 0.1) is 48.1 Å². The van der Waals surface area contributed by atoms with Gasteiger partial charge in [-0.25, -0.2) is 9.59 Å². The maximum atomic E-state index is 14.3. The molecule has 0 radical (unpaired) electrons. The maximum Gasteiger partial charge on any atom is 0.338 e. The van der Waals surface area contributed by atoms with E-state index in [9.17, 15) is 69.3 Å². The number of carbonyl (C=O) groups is 6. The van der Waals surface area contributed by atoms with Crippen LogP contribution in [0.15, 0.2) is 176 Å². The van der Waals surface area contributed by atoms with Crippen molar-refractivity contribution in [3.05, 3.63) is 292 Å². The number of amides is 3. The third-order valence-electron chi connectivity index (χ3n) is 24.8. The van der Waals surface area contributed by atoms with Gasteiger partial charge in [0.15, 0.2) is 0 Å². The first-order valence-corrected chi connectivity index (χ1v) is 41.6. The highest BCUT2D eigenvalue weighted by atomic mass is 35.5. The molecular weight excluding hydrogens is 1640 g/mol. The topological polar surface area (TPSA) is 337 Å². The Balaban J connectivity index is 0.000000140. The number of benzene rings is 8. The largest absolute Gasteiger partial charge is 0.462 e. The number of nitro groups is 3. The van der Waals surface area contributed by atoms with E-state index >= 15 is 0 Å². The Morgan fingerprint density at radius 2 is 0.737 bits per heavy atom. The maximum absolute atomic E-state index is 14.3. The van der Waals surface area contributed by atoms with Gasteiger partial charge in [0.2, 0.25) is 18.1 Å². The van der Waals surface area contributed by atoms with Crippen LogP contribution in [0.1, 0.15) is 167 Å². The van der Waals surface area contributed by atoms with Gasteiger partial charge in [0.25, 0.3) is 17.7 Å². The Morgan fingerprint density at radius 3 is 1.01 bits per heavy atom. The minimum atomic E-state index is -1.43. The Kier molecular flexibility index (Phi) is 24.1. The minimum absolute atomic E-state index is 0.00780. The van der Waals surface area contributed by atoms with Gasteiger partial charge in [-0.15, -0.1) is 0 Å². The minimum Gasteiger partial charge on any atom is -0.462 e. The molecule has 8 aromatic carbocycles. The van der Waals surface area contributed by atoms with Crippen molar-refractivity contribution in [2.45, 2.75) is 154 Å². The number of esters is 2. The summed E-state index contributed by atoms with van der Waals surface area (Å²) in [5.41, 5.74) is 2.72. The monoisotopic (exact) mass is 1720 g/mol. The van der Waals surface area contributed by atoms with E-state index in [0.717, 1.165) is 38.5 Å². The summed E-state index contributed by atoms with van der Waals surface area (Å²) in [6, 6.07) is 42.8. The van der Waals surface area contributed by atoms with Crippen molar-refractivity contribution in [3.63, 3.8) is 0 Å². The van der Waals surface area contributed by atoms with E-state index in [2.05, 4.69) is 16.0 Å². The molecule has 31 heteroatoms. The SMILES string of the molecule is CCOC(=O)c1ccc([C@@H](O)C[C@H]2[C@@H]([N+](=O)[O-])[C@H](c3cccc(Cl)c3)[C@]3(C(=O)Nc4cc(Cl)ccc43)N2CC2CC2)cc1.CCOC(=O)c1ccc([C@H](O)C[C@H]2[C@@H]([N+](=O)[O-])[C@H](c3cccc(Cl)c3)[C@]3(C(=O)Nc4cc(Cl)ccc43)N2CC2CC2)cc1.O=CC[C@H]1[C@@H]([N+](=O)[O-])[C@H](c2cccc(Cl)c2)[C@]2(C(=O)Nc3cc(Cl)ccc32)N1CC1CC1. The Morgan fingerprint density at radius 1 is 0.449 bits per heavy atom. The van der Waals surface area contributed by atoms with Gasteiger partial charge < -0.3 is 40.4 Å². The lowest BCUT2D eigenvalue weighted by Crippen LogP contribution is -2.52. The summed E-state index contributed by atoms with van der Waals surface area (Å²) in [5, 5.41) is 73.2. The molecule has 3 aliphatic carbocycles. The summed E-state index contributed by atoms with van der Waals surface area (Å²) in [7, 11) is 0. The molecule has 0 bridgehead atoms. The number of aliphatic hydroxyl groups excluding tert-OH is 2. The highest BCUT2D eigenvalue weighted by molar-refractivity contribution is 6.33. The van der Waals surface area contributed by atoms with Crippen molar-refractivity contribution in [1.82, 2.24) is 14.7 Å². The van der Waals surface area contributed by atoms with E-state index in [0.29, 0.717) is 135 Å². The molecule has 25 nitrogen and oxygen atoms in total. The lowest BCUT2D eigenvalue weighted by molar-refractivity contribution is -0.528. The van der Waals surface area contributed by atoms with Crippen molar-refractivity contribution in [2.75, 3.05) is 48.8 Å². The Labute approximate surface area is 709 Å². The molecule has 3 saturated carbocycles. The van der Waals surface area contributed by atoms with Crippen molar-refractivity contribution in [2.24, 2.45) is 17.8 Å².